The smallest absolute Gasteiger partial charge is 0.277 e. The summed E-state index contributed by atoms with van der Waals surface area (Å²) < 4.78 is 0. The van der Waals surface area contributed by atoms with Gasteiger partial charge in [-0.15, -0.1) is 10.2 Å². The standard InChI is InChI=1S/C7H4ClN5OS/c8-5-2-9-1-4(11-5)6(14)12-7-13-10-3-15-7/h1-3H,(H,12,13,14). The minimum atomic E-state index is -0.415. The molecular formula is C7H4ClN5OS. The van der Waals surface area contributed by atoms with Gasteiger partial charge in [0.25, 0.3) is 5.91 Å². The molecule has 0 spiro atoms. The maximum atomic E-state index is 11.5. The van der Waals surface area contributed by atoms with Crippen LogP contribution in [0.25, 0.3) is 0 Å². The lowest BCUT2D eigenvalue weighted by molar-refractivity contribution is 0.102. The van der Waals surface area contributed by atoms with Gasteiger partial charge in [0.2, 0.25) is 5.13 Å². The average molecular weight is 242 g/mol. The topological polar surface area (TPSA) is 80.7 Å². The molecule has 2 rings (SSSR count). The van der Waals surface area contributed by atoms with Gasteiger partial charge in [-0.25, -0.2) is 4.98 Å². The van der Waals surface area contributed by atoms with Gasteiger partial charge < -0.3 is 0 Å². The molecule has 0 saturated heterocycles. The molecule has 0 bridgehead atoms. The van der Waals surface area contributed by atoms with Crippen LogP contribution in [0.15, 0.2) is 17.9 Å². The van der Waals surface area contributed by atoms with Crippen molar-refractivity contribution in [1.29, 1.82) is 0 Å². The normalized spacial score (nSPS) is 9.93. The Balaban J connectivity index is 2.15. The molecule has 6 nitrogen and oxygen atoms in total. The van der Waals surface area contributed by atoms with Crippen molar-refractivity contribution in [2.75, 3.05) is 5.32 Å². The largest absolute Gasteiger partial charge is 0.295 e. The highest BCUT2D eigenvalue weighted by Gasteiger charge is 2.09. The molecule has 8 heteroatoms. The Hall–Kier alpha value is -1.60. The van der Waals surface area contributed by atoms with Crippen LogP contribution in [-0.2, 0) is 0 Å². The third-order valence-electron chi connectivity index (χ3n) is 1.42. The van der Waals surface area contributed by atoms with Gasteiger partial charge in [-0.3, -0.25) is 15.1 Å². The number of nitrogens with one attached hydrogen (secondary N) is 1. The van der Waals surface area contributed by atoms with Crippen molar-refractivity contribution < 1.29 is 4.79 Å². The molecule has 1 N–H and O–H groups in total. The molecule has 0 radical (unpaired) electrons. The van der Waals surface area contributed by atoms with Crippen LogP contribution >= 0.6 is 22.9 Å². The molecule has 1 amide bonds. The van der Waals surface area contributed by atoms with Crippen LogP contribution < -0.4 is 5.32 Å². The van der Waals surface area contributed by atoms with Gasteiger partial charge in [-0.1, -0.05) is 22.9 Å². The first-order chi connectivity index (χ1) is 7.25. The van der Waals surface area contributed by atoms with Crippen LogP contribution in [0.5, 0.6) is 0 Å². The number of carbonyl (C=O) groups is 1. The lowest BCUT2D eigenvalue weighted by Gasteiger charge is -1.99. The van der Waals surface area contributed by atoms with Gasteiger partial charge in [0, 0.05) is 0 Å². The second kappa shape index (κ2) is 4.28. The van der Waals surface area contributed by atoms with Gasteiger partial charge in [-0.2, -0.15) is 0 Å². The van der Waals surface area contributed by atoms with Crippen LogP contribution in [0.4, 0.5) is 5.13 Å². The molecule has 15 heavy (non-hydrogen) atoms. The van der Waals surface area contributed by atoms with E-state index < -0.39 is 5.91 Å². The highest BCUT2D eigenvalue weighted by atomic mass is 35.5. The Morgan fingerprint density at radius 2 is 2.33 bits per heavy atom. The maximum Gasteiger partial charge on any atom is 0.277 e. The van der Waals surface area contributed by atoms with E-state index in [0.29, 0.717) is 5.13 Å². The first-order valence-corrected chi connectivity index (χ1v) is 5.06. The van der Waals surface area contributed by atoms with E-state index in [-0.39, 0.29) is 10.8 Å². The first-order valence-electron chi connectivity index (χ1n) is 3.81. The molecule has 0 aromatic carbocycles. The predicted octanol–water partition coefficient (Wildman–Crippen LogP) is 1.23. The average Bonchev–Trinajstić information content (AvgIpc) is 2.70. The summed E-state index contributed by atoms with van der Waals surface area (Å²) in [7, 11) is 0. The van der Waals surface area contributed by atoms with Crippen molar-refractivity contribution in [2.45, 2.75) is 0 Å². The van der Waals surface area contributed by atoms with Gasteiger partial charge >= 0.3 is 0 Å². The maximum absolute atomic E-state index is 11.5. The van der Waals surface area contributed by atoms with Crippen LogP contribution in [0.3, 0.4) is 0 Å². The van der Waals surface area contributed by atoms with Crippen molar-refractivity contribution in [2.24, 2.45) is 0 Å². The Morgan fingerprint density at radius 1 is 1.47 bits per heavy atom. The van der Waals surface area contributed by atoms with Crippen molar-refractivity contribution in [3.05, 3.63) is 28.8 Å². The number of halogens is 1. The zero-order valence-corrected chi connectivity index (χ0v) is 8.79. The van der Waals surface area contributed by atoms with E-state index in [1.54, 1.807) is 0 Å². The van der Waals surface area contributed by atoms with E-state index in [1.807, 2.05) is 0 Å². The molecule has 2 aromatic heterocycles. The van der Waals surface area contributed by atoms with Crippen molar-refractivity contribution in [1.82, 2.24) is 20.2 Å². The quantitative estimate of drug-likeness (QED) is 0.855. The number of aromatic nitrogens is 4. The summed E-state index contributed by atoms with van der Waals surface area (Å²) >= 11 is 6.81. The summed E-state index contributed by atoms with van der Waals surface area (Å²) in [6.07, 6.45) is 2.67. The minimum Gasteiger partial charge on any atom is -0.295 e. The summed E-state index contributed by atoms with van der Waals surface area (Å²) in [5.41, 5.74) is 1.65. The monoisotopic (exact) mass is 241 g/mol. The minimum absolute atomic E-state index is 0.137. The first kappa shape index (κ1) is 9.94. The molecule has 0 aliphatic heterocycles. The number of carbonyl (C=O) groups excluding carboxylic acids is 1. The second-order valence-corrected chi connectivity index (χ2v) is 3.65. The van der Waals surface area contributed by atoms with Gasteiger partial charge in [0.1, 0.15) is 16.4 Å². The van der Waals surface area contributed by atoms with E-state index in [9.17, 15) is 4.79 Å². The number of nitrogens with zero attached hydrogens (tertiary/aromatic N) is 4. The molecule has 0 aliphatic rings. The number of hydrogen-bond acceptors (Lipinski definition) is 6. The molecule has 0 saturated carbocycles. The van der Waals surface area contributed by atoms with Crippen LogP contribution in [0.2, 0.25) is 5.15 Å². The van der Waals surface area contributed by atoms with Crippen LogP contribution in [-0.4, -0.2) is 26.1 Å². The molecule has 0 atom stereocenters. The Kier molecular flexibility index (Phi) is 2.84. The molecule has 0 aliphatic carbocycles. The van der Waals surface area contributed by atoms with Gasteiger partial charge in [0.15, 0.2) is 0 Å². The number of hydrogen-bond donors (Lipinski definition) is 1. The fourth-order valence-electron chi connectivity index (χ4n) is 0.840. The van der Waals surface area contributed by atoms with E-state index in [2.05, 4.69) is 25.5 Å². The van der Waals surface area contributed by atoms with Crippen molar-refractivity contribution in [3.63, 3.8) is 0 Å². The zero-order valence-electron chi connectivity index (χ0n) is 7.22. The molecule has 0 unspecified atom stereocenters. The summed E-state index contributed by atoms with van der Waals surface area (Å²) in [6.45, 7) is 0. The third kappa shape index (κ3) is 2.45. The Labute approximate surface area is 93.4 Å². The van der Waals surface area contributed by atoms with Crippen LogP contribution in [0.1, 0.15) is 10.5 Å². The number of amides is 1. The van der Waals surface area contributed by atoms with Crippen molar-refractivity contribution in [3.8, 4) is 0 Å². The summed E-state index contributed by atoms with van der Waals surface area (Å²) in [5, 5.41) is 10.3. The van der Waals surface area contributed by atoms with E-state index in [0.717, 1.165) is 0 Å². The van der Waals surface area contributed by atoms with Crippen LogP contribution in [0, 0.1) is 0 Å². The molecule has 2 heterocycles. The fourth-order valence-corrected chi connectivity index (χ4v) is 1.43. The van der Waals surface area contributed by atoms with Gasteiger partial charge in [-0.05, 0) is 0 Å². The summed E-state index contributed by atoms with van der Waals surface area (Å²) in [6, 6.07) is 0. The number of anilines is 1. The lowest BCUT2D eigenvalue weighted by atomic mass is 10.4. The van der Waals surface area contributed by atoms with Gasteiger partial charge in [0.05, 0.1) is 12.4 Å². The second-order valence-electron chi connectivity index (χ2n) is 2.43. The van der Waals surface area contributed by atoms with E-state index in [4.69, 9.17) is 11.6 Å². The Bertz CT molecular complexity index is 474. The molecule has 76 valence electrons. The van der Waals surface area contributed by atoms with E-state index in [1.165, 1.54) is 29.2 Å². The molecule has 2 aromatic rings. The SMILES string of the molecule is O=C(Nc1nncs1)c1cncc(Cl)n1. The van der Waals surface area contributed by atoms with Crippen molar-refractivity contribution >= 4 is 34.0 Å². The highest BCUT2D eigenvalue weighted by molar-refractivity contribution is 7.13. The number of rotatable bonds is 2. The third-order valence-corrected chi connectivity index (χ3v) is 2.21. The summed E-state index contributed by atoms with van der Waals surface area (Å²) in [4.78, 5) is 19.1. The predicted molar refractivity (Wildman–Crippen MR) is 54.9 cm³/mol. The Morgan fingerprint density at radius 3 is 3.00 bits per heavy atom. The van der Waals surface area contributed by atoms with E-state index >= 15 is 0 Å². The highest BCUT2D eigenvalue weighted by Crippen LogP contribution is 2.10. The zero-order chi connectivity index (χ0) is 10.7. The molecule has 0 fully saturated rings. The summed E-state index contributed by atoms with van der Waals surface area (Å²) in [5.74, 6) is -0.415. The fraction of sp³-hybridized carbons (Fsp3) is 0. The lowest BCUT2D eigenvalue weighted by Crippen LogP contribution is -2.13. The molecular weight excluding hydrogens is 238 g/mol.